The van der Waals surface area contributed by atoms with Gasteiger partial charge >= 0.3 is 0 Å². The van der Waals surface area contributed by atoms with Crippen LogP contribution in [0.25, 0.3) is 0 Å². The molecule has 10 heteroatoms. The van der Waals surface area contributed by atoms with Crippen molar-refractivity contribution in [3.8, 4) is 17.2 Å². The van der Waals surface area contributed by atoms with Crippen LogP contribution in [0.2, 0.25) is 0 Å². The number of amides is 1. The maximum atomic E-state index is 12.4. The van der Waals surface area contributed by atoms with Crippen LogP contribution in [-0.2, 0) is 7.05 Å². The number of hydrogen-bond acceptors (Lipinski definition) is 6. The van der Waals surface area contributed by atoms with Gasteiger partial charge in [0.2, 0.25) is 0 Å². The molecule has 0 saturated heterocycles. The van der Waals surface area contributed by atoms with Gasteiger partial charge in [0.1, 0.15) is 17.2 Å². The van der Waals surface area contributed by atoms with E-state index in [-0.39, 0.29) is 22.8 Å². The molecule has 0 aliphatic heterocycles. The molecule has 1 amide bonds. The fourth-order valence-corrected chi connectivity index (χ4v) is 2.96. The number of hydrogen-bond donors (Lipinski definition) is 1. The van der Waals surface area contributed by atoms with Gasteiger partial charge in [0.25, 0.3) is 11.6 Å². The molecule has 0 unspecified atom stereocenters. The number of rotatable bonds is 6. The fourth-order valence-electron chi connectivity index (χ4n) is 2.40. The first-order chi connectivity index (χ1) is 13.4. The van der Waals surface area contributed by atoms with E-state index in [9.17, 15) is 14.9 Å². The molecule has 0 fully saturated rings. The van der Waals surface area contributed by atoms with Gasteiger partial charge in [-0.2, -0.15) is 5.10 Å². The molecule has 3 rings (SSSR count). The highest BCUT2D eigenvalue weighted by Crippen LogP contribution is 2.31. The maximum absolute atomic E-state index is 12.4. The number of anilines is 1. The zero-order valence-electron chi connectivity index (χ0n) is 14.9. The van der Waals surface area contributed by atoms with E-state index in [1.54, 1.807) is 44.6 Å². The van der Waals surface area contributed by atoms with Crippen LogP contribution < -0.4 is 14.8 Å². The standard InChI is InChI=1S/C18H15BrN4O5/c1-22-10-16(19)17(21-22)18(24)20-11-7-12(23(25)26)9-15(8-11)28-14-5-3-13(27-2)4-6-14/h3-10H,1-2H3,(H,20,24). The minimum Gasteiger partial charge on any atom is -0.497 e. The zero-order valence-corrected chi connectivity index (χ0v) is 16.5. The summed E-state index contributed by atoms with van der Waals surface area (Å²) in [5.41, 5.74) is 0.147. The number of nitro groups is 1. The molecule has 0 spiro atoms. The number of nitrogens with one attached hydrogen (secondary N) is 1. The molecule has 0 atom stereocenters. The van der Waals surface area contributed by atoms with Gasteiger partial charge in [-0.15, -0.1) is 0 Å². The molecule has 3 aromatic rings. The minimum absolute atomic E-state index is 0.159. The number of aromatic nitrogens is 2. The average molecular weight is 447 g/mol. The molecule has 0 aliphatic rings. The number of non-ortho nitro benzene ring substituents is 1. The monoisotopic (exact) mass is 446 g/mol. The van der Waals surface area contributed by atoms with Crippen LogP contribution in [0.3, 0.4) is 0 Å². The minimum atomic E-state index is -0.562. The second kappa shape index (κ2) is 8.09. The van der Waals surface area contributed by atoms with Gasteiger partial charge in [-0.05, 0) is 40.2 Å². The highest BCUT2D eigenvalue weighted by atomic mass is 79.9. The number of nitrogens with zero attached hydrogens (tertiary/aromatic N) is 3. The first-order valence-corrected chi connectivity index (χ1v) is 8.77. The van der Waals surface area contributed by atoms with Gasteiger partial charge in [-0.25, -0.2) is 0 Å². The molecule has 28 heavy (non-hydrogen) atoms. The SMILES string of the molecule is COc1ccc(Oc2cc(NC(=O)c3nn(C)cc3Br)cc([N+](=O)[O-])c2)cc1. The summed E-state index contributed by atoms with van der Waals surface area (Å²) in [6, 6.07) is 10.8. The first-order valence-electron chi connectivity index (χ1n) is 7.97. The van der Waals surface area contributed by atoms with Crippen molar-refractivity contribution < 1.29 is 19.2 Å². The Bertz CT molecular complexity index is 1030. The summed E-state index contributed by atoms with van der Waals surface area (Å²) in [5, 5.41) is 17.9. The normalized spacial score (nSPS) is 10.4. The summed E-state index contributed by atoms with van der Waals surface area (Å²) in [6.45, 7) is 0. The van der Waals surface area contributed by atoms with Crippen molar-refractivity contribution >= 4 is 33.2 Å². The van der Waals surface area contributed by atoms with Crippen molar-refractivity contribution in [3.63, 3.8) is 0 Å². The summed E-state index contributed by atoms with van der Waals surface area (Å²) in [4.78, 5) is 23.1. The molecule has 0 radical (unpaired) electrons. The summed E-state index contributed by atoms with van der Waals surface area (Å²) in [5.74, 6) is 0.810. The van der Waals surface area contributed by atoms with E-state index in [1.165, 1.54) is 22.9 Å². The van der Waals surface area contributed by atoms with Crippen LogP contribution in [0.5, 0.6) is 17.2 Å². The lowest BCUT2D eigenvalue weighted by Crippen LogP contribution is -2.13. The third-order valence-corrected chi connectivity index (χ3v) is 4.23. The number of ether oxygens (including phenoxy) is 2. The van der Waals surface area contributed by atoms with Gasteiger partial charge in [0.15, 0.2) is 5.69 Å². The molecule has 0 saturated carbocycles. The summed E-state index contributed by atoms with van der Waals surface area (Å²) in [6.07, 6.45) is 1.63. The van der Waals surface area contributed by atoms with Crippen LogP contribution >= 0.6 is 15.9 Å². The smallest absolute Gasteiger partial charge is 0.277 e. The summed E-state index contributed by atoms with van der Waals surface area (Å²) in [7, 11) is 3.22. The molecule has 144 valence electrons. The number of nitro benzene ring substituents is 1. The predicted octanol–water partition coefficient (Wildman–Crippen LogP) is 4.14. The van der Waals surface area contributed by atoms with Crippen molar-refractivity contribution in [1.82, 2.24) is 9.78 Å². The van der Waals surface area contributed by atoms with Gasteiger partial charge in [-0.3, -0.25) is 19.6 Å². The molecule has 1 aromatic heterocycles. The maximum Gasteiger partial charge on any atom is 0.277 e. The number of halogens is 1. The Labute approximate surface area is 168 Å². The fraction of sp³-hybridized carbons (Fsp3) is 0.111. The Balaban J connectivity index is 1.87. The number of benzene rings is 2. The molecular weight excluding hydrogens is 432 g/mol. The molecule has 1 N–H and O–H groups in total. The second-order valence-corrected chi connectivity index (χ2v) is 6.56. The third-order valence-electron chi connectivity index (χ3n) is 3.65. The van der Waals surface area contributed by atoms with Crippen molar-refractivity contribution in [2.24, 2.45) is 7.05 Å². The largest absolute Gasteiger partial charge is 0.497 e. The highest BCUT2D eigenvalue weighted by molar-refractivity contribution is 9.10. The van der Waals surface area contributed by atoms with Gasteiger partial charge in [0, 0.05) is 25.4 Å². The Morgan fingerprint density at radius 1 is 1.18 bits per heavy atom. The van der Waals surface area contributed by atoms with Crippen molar-refractivity contribution in [1.29, 1.82) is 0 Å². The van der Waals surface area contributed by atoms with Crippen LogP contribution in [0.1, 0.15) is 10.5 Å². The van der Waals surface area contributed by atoms with Crippen LogP contribution in [0.4, 0.5) is 11.4 Å². The van der Waals surface area contributed by atoms with Crippen molar-refractivity contribution in [3.05, 3.63) is 68.9 Å². The van der Waals surface area contributed by atoms with E-state index < -0.39 is 10.8 Å². The van der Waals surface area contributed by atoms with Crippen molar-refractivity contribution in [2.75, 3.05) is 12.4 Å². The number of carbonyl (C=O) groups excluding carboxylic acids is 1. The Morgan fingerprint density at radius 3 is 2.43 bits per heavy atom. The quantitative estimate of drug-likeness (QED) is 0.450. The van der Waals surface area contributed by atoms with Gasteiger partial charge in [-0.1, -0.05) is 0 Å². The predicted molar refractivity (Wildman–Crippen MR) is 105 cm³/mol. The van der Waals surface area contributed by atoms with Crippen LogP contribution in [0.15, 0.2) is 53.1 Å². The number of methoxy groups -OCH3 is 1. The lowest BCUT2D eigenvalue weighted by atomic mass is 10.2. The van der Waals surface area contributed by atoms with E-state index in [4.69, 9.17) is 9.47 Å². The average Bonchev–Trinajstić information content (AvgIpc) is 3.00. The second-order valence-electron chi connectivity index (χ2n) is 5.70. The lowest BCUT2D eigenvalue weighted by molar-refractivity contribution is -0.384. The molecule has 0 aliphatic carbocycles. The number of aryl methyl sites for hydroxylation is 1. The van der Waals surface area contributed by atoms with E-state index >= 15 is 0 Å². The van der Waals surface area contributed by atoms with Crippen molar-refractivity contribution in [2.45, 2.75) is 0 Å². The summed E-state index contributed by atoms with van der Waals surface area (Å²) < 4.78 is 12.8. The Kier molecular flexibility index (Phi) is 5.59. The first kappa shape index (κ1) is 19.4. The molecule has 1 heterocycles. The Morgan fingerprint density at radius 2 is 1.86 bits per heavy atom. The zero-order chi connectivity index (χ0) is 20.3. The molecular formula is C18H15BrN4O5. The van der Waals surface area contributed by atoms with E-state index in [0.717, 1.165) is 0 Å². The Hall–Kier alpha value is -3.40. The van der Waals surface area contributed by atoms with E-state index in [0.29, 0.717) is 16.0 Å². The van der Waals surface area contributed by atoms with E-state index in [2.05, 4.69) is 26.3 Å². The lowest BCUT2D eigenvalue weighted by Gasteiger charge is -2.09. The topological polar surface area (TPSA) is 109 Å². The number of carbonyl (C=O) groups is 1. The highest BCUT2D eigenvalue weighted by Gasteiger charge is 2.17. The van der Waals surface area contributed by atoms with Crippen LogP contribution in [-0.4, -0.2) is 27.7 Å². The van der Waals surface area contributed by atoms with Gasteiger partial charge < -0.3 is 14.8 Å². The molecule has 9 nitrogen and oxygen atoms in total. The van der Waals surface area contributed by atoms with Gasteiger partial charge in [0.05, 0.1) is 28.3 Å². The molecule has 0 bridgehead atoms. The van der Waals surface area contributed by atoms with Crippen LogP contribution in [0, 0.1) is 10.1 Å². The molecule has 2 aromatic carbocycles. The summed E-state index contributed by atoms with van der Waals surface area (Å²) >= 11 is 3.25. The van der Waals surface area contributed by atoms with E-state index in [1.807, 2.05) is 0 Å². The third kappa shape index (κ3) is 4.46.